The summed E-state index contributed by atoms with van der Waals surface area (Å²) in [5.41, 5.74) is 4.76. The number of imidazole rings is 1. The molecule has 1 saturated heterocycles. The van der Waals surface area contributed by atoms with Crippen molar-refractivity contribution in [3.63, 3.8) is 0 Å². The number of carbonyl (C=O) groups is 2. The second kappa shape index (κ2) is 11.8. The number of nitrogens with zero attached hydrogens (tertiary/aromatic N) is 4. The van der Waals surface area contributed by atoms with Crippen molar-refractivity contribution in [2.45, 2.75) is 53.5 Å². The zero-order valence-corrected chi connectivity index (χ0v) is 26.2. The van der Waals surface area contributed by atoms with Crippen molar-refractivity contribution in [2.75, 3.05) is 18.1 Å². The van der Waals surface area contributed by atoms with Gasteiger partial charge in [0.2, 0.25) is 0 Å². The first kappa shape index (κ1) is 29.4. The van der Waals surface area contributed by atoms with E-state index < -0.39 is 17.7 Å². The highest BCUT2D eigenvalue weighted by molar-refractivity contribution is 7.22. The molecule has 3 aromatic heterocycles. The van der Waals surface area contributed by atoms with Gasteiger partial charge in [-0.2, -0.15) is 0 Å². The van der Waals surface area contributed by atoms with E-state index in [9.17, 15) is 14.7 Å². The number of aryl methyl sites for hydroxylation is 3. The van der Waals surface area contributed by atoms with Gasteiger partial charge in [-0.1, -0.05) is 42.9 Å². The van der Waals surface area contributed by atoms with Gasteiger partial charge in [-0.05, 0) is 81.1 Å². The lowest BCUT2D eigenvalue weighted by atomic mass is 9.96. The quantitative estimate of drug-likeness (QED) is 0.0823. The number of rotatable bonds is 9. The fourth-order valence-electron chi connectivity index (χ4n) is 5.55. The van der Waals surface area contributed by atoms with E-state index in [0.29, 0.717) is 46.7 Å². The topological polar surface area (TPSA) is 106 Å². The zero-order valence-electron chi connectivity index (χ0n) is 25.4. The zero-order chi connectivity index (χ0) is 31.1. The molecule has 1 aliphatic rings. The van der Waals surface area contributed by atoms with Crippen molar-refractivity contribution in [3.8, 4) is 11.5 Å². The van der Waals surface area contributed by atoms with Crippen LogP contribution in [0, 0.1) is 20.8 Å². The van der Waals surface area contributed by atoms with E-state index in [1.165, 1.54) is 16.2 Å². The van der Waals surface area contributed by atoms with Crippen LogP contribution >= 0.6 is 11.3 Å². The number of pyridine rings is 1. The number of fused-ring (bicyclic) bond motifs is 2. The second-order valence-electron chi connectivity index (χ2n) is 10.9. The Labute approximate surface area is 259 Å². The van der Waals surface area contributed by atoms with Crippen molar-refractivity contribution in [1.82, 2.24) is 14.4 Å². The van der Waals surface area contributed by atoms with E-state index in [1.807, 2.05) is 68.6 Å². The van der Waals surface area contributed by atoms with Crippen molar-refractivity contribution in [3.05, 3.63) is 88.4 Å². The Kier molecular flexibility index (Phi) is 7.85. The Morgan fingerprint density at radius 1 is 1.00 bits per heavy atom. The van der Waals surface area contributed by atoms with Crippen molar-refractivity contribution in [1.29, 1.82) is 0 Å². The molecule has 0 spiro atoms. The van der Waals surface area contributed by atoms with Gasteiger partial charge in [0.25, 0.3) is 5.78 Å². The average molecular weight is 611 g/mol. The molecule has 6 rings (SSSR count). The maximum Gasteiger partial charge on any atom is 0.301 e. The molecule has 4 heterocycles. The summed E-state index contributed by atoms with van der Waals surface area (Å²) >= 11 is 1.32. The van der Waals surface area contributed by atoms with Crippen molar-refractivity contribution in [2.24, 2.45) is 0 Å². The SMILES string of the molecule is CCCCOc1ccc(C2/C(=C(\O)c3nc4c(C)cccn4c3C)C(=O)C(=O)N2c2nc3ccc(C)cc3s2)cc1OCC. The van der Waals surface area contributed by atoms with Crippen LogP contribution in [0.15, 0.2) is 60.3 Å². The molecule has 0 bridgehead atoms. The molecule has 10 heteroatoms. The van der Waals surface area contributed by atoms with Crippen LogP contribution in [0.25, 0.3) is 21.6 Å². The summed E-state index contributed by atoms with van der Waals surface area (Å²) in [4.78, 5) is 38.6. The molecule has 1 fully saturated rings. The third-order valence-corrected chi connectivity index (χ3v) is 8.85. The number of benzene rings is 2. The fourth-order valence-corrected chi connectivity index (χ4v) is 6.64. The average Bonchev–Trinajstić information content (AvgIpc) is 3.65. The third kappa shape index (κ3) is 4.98. The van der Waals surface area contributed by atoms with Gasteiger partial charge in [0.15, 0.2) is 22.4 Å². The first-order valence-corrected chi connectivity index (χ1v) is 15.6. The number of amides is 1. The highest BCUT2D eigenvalue weighted by Crippen LogP contribution is 2.46. The summed E-state index contributed by atoms with van der Waals surface area (Å²) in [7, 11) is 0. The van der Waals surface area contributed by atoms with E-state index >= 15 is 0 Å². The smallest absolute Gasteiger partial charge is 0.301 e. The predicted octanol–water partition coefficient (Wildman–Crippen LogP) is 7.07. The number of hydrogen-bond acceptors (Lipinski definition) is 8. The van der Waals surface area contributed by atoms with Crippen molar-refractivity contribution >= 4 is 49.8 Å². The van der Waals surface area contributed by atoms with Crippen LogP contribution in [0.5, 0.6) is 11.5 Å². The predicted molar refractivity (Wildman–Crippen MR) is 172 cm³/mol. The molecule has 5 aromatic rings. The van der Waals surface area contributed by atoms with Gasteiger partial charge < -0.3 is 19.0 Å². The Hall–Kier alpha value is -4.70. The van der Waals surface area contributed by atoms with Gasteiger partial charge in [0.1, 0.15) is 11.3 Å². The molecular formula is C34H34N4O5S. The summed E-state index contributed by atoms with van der Waals surface area (Å²) < 4.78 is 14.7. The summed E-state index contributed by atoms with van der Waals surface area (Å²) in [6, 6.07) is 14.1. The standard InChI is InChI=1S/C34H34N4O5S/c1-6-8-16-43-24-14-12-22(18-25(24)42-7-2)29-27(30(39)28-21(5)37-15-9-10-20(4)32(37)36-28)31(40)33(41)38(29)34-35-23-13-11-19(3)17-26(23)44-34/h9-15,17-18,29,39H,6-8,16H2,1-5H3/b30-27+. The molecule has 44 heavy (non-hydrogen) atoms. The highest BCUT2D eigenvalue weighted by atomic mass is 32.1. The summed E-state index contributed by atoms with van der Waals surface area (Å²) in [6.07, 6.45) is 3.73. The summed E-state index contributed by atoms with van der Waals surface area (Å²) in [6.45, 7) is 10.6. The Morgan fingerprint density at radius 2 is 1.82 bits per heavy atom. The van der Waals surface area contributed by atoms with E-state index in [2.05, 4.69) is 6.92 Å². The van der Waals surface area contributed by atoms with Crippen LogP contribution in [-0.4, -0.2) is 44.4 Å². The Balaban J connectivity index is 1.56. The molecule has 1 atom stereocenters. The van der Waals surface area contributed by atoms with Gasteiger partial charge >= 0.3 is 5.91 Å². The monoisotopic (exact) mass is 610 g/mol. The first-order valence-electron chi connectivity index (χ1n) is 14.8. The minimum Gasteiger partial charge on any atom is -0.505 e. The molecule has 0 aliphatic carbocycles. The molecule has 1 aliphatic heterocycles. The molecule has 1 amide bonds. The van der Waals surface area contributed by atoms with Crippen LogP contribution < -0.4 is 14.4 Å². The van der Waals surface area contributed by atoms with E-state index in [0.717, 1.165) is 34.2 Å². The number of anilines is 1. The molecular weight excluding hydrogens is 576 g/mol. The Bertz CT molecular complexity index is 1960. The normalized spacial score (nSPS) is 16.4. The largest absolute Gasteiger partial charge is 0.505 e. The number of aliphatic hydroxyl groups is 1. The molecule has 1 N–H and O–H groups in total. The molecule has 9 nitrogen and oxygen atoms in total. The number of aromatic nitrogens is 3. The summed E-state index contributed by atoms with van der Waals surface area (Å²) in [5, 5.41) is 12.2. The minimum absolute atomic E-state index is 0.0586. The van der Waals surface area contributed by atoms with E-state index in [4.69, 9.17) is 19.4 Å². The number of carbonyl (C=O) groups excluding carboxylic acids is 2. The first-order chi connectivity index (χ1) is 21.2. The van der Waals surface area contributed by atoms with Gasteiger partial charge in [0, 0.05) is 6.20 Å². The number of ether oxygens (including phenoxy) is 2. The number of hydrogen-bond donors (Lipinski definition) is 1. The maximum absolute atomic E-state index is 13.9. The van der Waals surface area contributed by atoms with E-state index in [1.54, 1.807) is 18.2 Å². The lowest BCUT2D eigenvalue weighted by Gasteiger charge is -2.24. The maximum atomic E-state index is 13.9. The lowest BCUT2D eigenvalue weighted by Crippen LogP contribution is -2.29. The van der Waals surface area contributed by atoms with Crippen LogP contribution in [0.1, 0.15) is 60.8 Å². The van der Waals surface area contributed by atoms with Gasteiger partial charge in [-0.25, -0.2) is 9.97 Å². The van der Waals surface area contributed by atoms with Crippen LogP contribution in [0.3, 0.4) is 0 Å². The van der Waals surface area contributed by atoms with Gasteiger partial charge in [0.05, 0.1) is 40.7 Å². The number of unbranched alkanes of at least 4 members (excludes halogenated alkanes) is 1. The van der Waals surface area contributed by atoms with Gasteiger partial charge in [-0.3, -0.25) is 14.5 Å². The fraction of sp³-hybridized carbons (Fsp3) is 0.294. The number of ketones is 1. The van der Waals surface area contributed by atoms with Crippen LogP contribution in [0.4, 0.5) is 5.13 Å². The molecule has 0 radical (unpaired) electrons. The minimum atomic E-state index is -0.981. The lowest BCUT2D eigenvalue weighted by molar-refractivity contribution is -0.132. The molecule has 226 valence electrons. The molecule has 1 unspecified atom stereocenters. The molecule has 0 saturated carbocycles. The second-order valence-corrected chi connectivity index (χ2v) is 11.9. The molecule has 2 aromatic carbocycles. The highest BCUT2D eigenvalue weighted by Gasteiger charge is 2.49. The van der Waals surface area contributed by atoms with Crippen LogP contribution in [0.2, 0.25) is 0 Å². The number of thiazole rings is 1. The van der Waals surface area contributed by atoms with Crippen LogP contribution in [-0.2, 0) is 9.59 Å². The van der Waals surface area contributed by atoms with Crippen molar-refractivity contribution < 1.29 is 24.2 Å². The summed E-state index contributed by atoms with van der Waals surface area (Å²) in [5.74, 6) is -0.854. The number of aliphatic hydroxyl groups excluding tert-OH is 1. The third-order valence-electron chi connectivity index (χ3n) is 7.83. The number of Topliss-reactive ketones (excluding diaryl/α,β-unsaturated/α-hetero) is 1. The van der Waals surface area contributed by atoms with E-state index in [-0.39, 0.29) is 17.0 Å². The van der Waals surface area contributed by atoms with Gasteiger partial charge in [-0.15, -0.1) is 0 Å². The Morgan fingerprint density at radius 3 is 2.57 bits per heavy atom.